The maximum absolute atomic E-state index is 13.9. The molecule has 2 fully saturated rings. The van der Waals surface area contributed by atoms with E-state index < -0.39 is 29.2 Å². The molecule has 8 rings (SSSR count). The summed E-state index contributed by atoms with van der Waals surface area (Å²) < 4.78 is 29.1. The first kappa shape index (κ1) is 48.8. The van der Waals surface area contributed by atoms with Crippen LogP contribution in [0.3, 0.4) is 0 Å². The number of likely N-dealkylation sites (N-methyl/N-ethyl adjacent to an activating group) is 1. The molecule has 6 aromatic rings. The molecule has 0 saturated carbocycles. The van der Waals surface area contributed by atoms with Gasteiger partial charge in [-0.05, 0) is 64.1 Å². The number of nitrogens with two attached hydrogens (primary N) is 2. The molecule has 0 atom stereocenters. The lowest BCUT2D eigenvalue weighted by Crippen LogP contribution is -2.70. The fourth-order valence-corrected chi connectivity index (χ4v) is 9.01. The Balaban J connectivity index is 1.08. The highest BCUT2D eigenvalue weighted by Gasteiger charge is 2.47. The van der Waals surface area contributed by atoms with Gasteiger partial charge in [0.25, 0.3) is 11.8 Å². The maximum atomic E-state index is 13.9. The van der Waals surface area contributed by atoms with E-state index in [4.69, 9.17) is 40.1 Å². The van der Waals surface area contributed by atoms with Crippen LogP contribution < -0.4 is 36.9 Å². The smallest absolute Gasteiger partial charge is 0.295 e. The number of allylic oxidation sites excluding steroid dienone is 2. The number of nitrogens with zero attached hydrogens (tertiary/aromatic N) is 9. The fraction of sp³-hybridized carbons (Fsp3) is 0.426. The van der Waals surface area contributed by atoms with Crippen LogP contribution in [0.2, 0.25) is 0 Å². The maximum Gasteiger partial charge on any atom is 0.295 e. The lowest BCUT2D eigenvalue weighted by molar-refractivity contribution is -0.188. The molecule has 4 aromatic heterocycles. The molecule has 6 heterocycles. The van der Waals surface area contributed by atoms with Gasteiger partial charge in [-0.2, -0.15) is 5.10 Å². The number of benzene rings is 2. The number of morpholine rings is 1. The number of carbonyl (C=O) groups excluding carboxylic acids is 5. The Hall–Kier alpha value is -7.63. The normalized spacial score (nSPS) is 14.7. The number of imidazole rings is 2. The monoisotopic (exact) mass is 962 g/mol. The number of anilines is 2. The molecule has 2 aromatic carbocycles. The molecule has 0 aliphatic carbocycles. The van der Waals surface area contributed by atoms with E-state index in [2.05, 4.69) is 30.9 Å². The van der Waals surface area contributed by atoms with E-state index in [1.165, 1.54) is 25.3 Å². The lowest BCUT2D eigenvalue weighted by atomic mass is 9.91. The van der Waals surface area contributed by atoms with E-state index in [0.29, 0.717) is 115 Å². The summed E-state index contributed by atoms with van der Waals surface area (Å²) in [4.78, 5) is 83.1. The van der Waals surface area contributed by atoms with Crippen molar-refractivity contribution in [3.05, 3.63) is 82.3 Å². The molecule has 0 radical (unpaired) electrons. The Labute approximate surface area is 402 Å². The number of aryl methyl sites for hydroxylation is 4. The van der Waals surface area contributed by atoms with Gasteiger partial charge >= 0.3 is 0 Å². The summed E-state index contributed by atoms with van der Waals surface area (Å²) >= 11 is 0. The molecule has 2 aliphatic heterocycles. The van der Waals surface area contributed by atoms with Gasteiger partial charge in [0.15, 0.2) is 5.89 Å². The summed E-state index contributed by atoms with van der Waals surface area (Å²) in [7, 11) is 3.21. The Kier molecular flexibility index (Phi) is 14.3. The first-order valence-electron chi connectivity index (χ1n) is 23.1. The molecule has 23 heteroatoms. The number of likely N-dealkylation sites (tertiary alicyclic amines) is 1. The van der Waals surface area contributed by atoms with E-state index in [1.807, 2.05) is 30.9 Å². The average molecular weight is 963 g/mol. The van der Waals surface area contributed by atoms with Crippen molar-refractivity contribution in [1.82, 2.24) is 49.0 Å². The first-order chi connectivity index (χ1) is 33.6. The highest BCUT2D eigenvalue weighted by molar-refractivity contribution is 6.05. The van der Waals surface area contributed by atoms with Crippen LogP contribution in [0.4, 0.5) is 11.9 Å². The van der Waals surface area contributed by atoms with Crippen LogP contribution in [0, 0.1) is 13.8 Å². The molecule has 2 aliphatic rings. The molecule has 7 N–H and O–H groups in total. The Morgan fingerprint density at radius 2 is 1.47 bits per heavy atom. The third-order valence-electron chi connectivity index (χ3n) is 12.2. The molecular weight excluding hydrogens is 905 g/mol. The fourth-order valence-electron chi connectivity index (χ4n) is 9.01. The SMILES string of the molecule is CCc1nc(C)oc1C(=O)Nc1nc2cc(C(N)=O)cc(OCCCN3CC4(C3)CN(C(=O)CNC)CCO4)c2n1C/C=C/Cn1c(NC(=O)c2cc(C)nn2CC)nc2cc(C(N)=O)cc(OC)c21. The topological polar surface area (TPSA) is 287 Å². The van der Waals surface area contributed by atoms with Crippen LogP contribution in [0.25, 0.3) is 22.1 Å². The second-order valence-electron chi connectivity index (χ2n) is 17.2. The molecule has 0 unspecified atom stereocenters. The number of nitrogens with one attached hydrogen (secondary N) is 3. The number of primary amides is 2. The molecule has 5 amide bonds. The average Bonchev–Trinajstić information content (AvgIpc) is 4.10. The van der Waals surface area contributed by atoms with Crippen molar-refractivity contribution in [1.29, 1.82) is 0 Å². The van der Waals surface area contributed by atoms with Crippen LogP contribution in [-0.4, -0.2) is 145 Å². The van der Waals surface area contributed by atoms with Crippen molar-refractivity contribution >= 4 is 63.5 Å². The lowest BCUT2D eigenvalue weighted by Gasteiger charge is -2.54. The molecule has 23 nitrogen and oxygen atoms in total. The van der Waals surface area contributed by atoms with Crippen LogP contribution in [0.1, 0.15) is 79.3 Å². The second-order valence-corrected chi connectivity index (χ2v) is 17.2. The standard InChI is InChI=1S/C47H58N14O9/c1-7-31-40(70-28(4)51-31)44(66)55-46-53-33-20-30(42(49)64)22-36(68-16-11-12-57-24-47(25-57)26-58(15-17-69-47)37(62)23-50-5)39(33)60(46)14-10-9-13-59-38-32(19-29(41(48)63)21-35(38)67-6)52-45(59)54-43(65)34-18-27(3)56-61(34)8-2/h9-10,18-22,50H,7-8,11-17,23-26H2,1-6H3,(H2,48,63)(H2,49,64)(H,52,54,65)(H,53,55,66)/b10-9+. The predicted octanol–water partition coefficient (Wildman–Crippen LogP) is 2.64. The van der Waals surface area contributed by atoms with E-state index in [1.54, 1.807) is 46.8 Å². The summed E-state index contributed by atoms with van der Waals surface area (Å²) in [5.74, 6) is -1.08. The van der Waals surface area contributed by atoms with E-state index >= 15 is 0 Å². The highest BCUT2D eigenvalue weighted by atomic mass is 16.5. The summed E-state index contributed by atoms with van der Waals surface area (Å²) in [6.07, 6.45) is 4.72. The number of carbonyl (C=O) groups is 5. The number of methoxy groups -OCH3 is 1. The highest BCUT2D eigenvalue weighted by Crippen LogP contribution is 2.34. The van der Waals surface area contributed by atoms with Crippen LogP contribution in [0.15, 0.2) is 46.9 Å². The van der Waals surface area contributed by atoms with Crippen molar-refractivity contribution in [2.75, 3.05) is 77.3 Å². The van der Waals surface area contributed by atoms with Gasteiger partial charge in [-0.1, -0.05) is 19.1 Å². The predicted molar refractivity (Wildman–Crippen MR) is 257 cm³/mol. The second kappa shape index (κ2) is 20.5. The third kappa shape index (κ3) is 10.1. The zero-order valence-corrected chi connectivity index (χ0v) is 40.1. The molecular formula is C47H58N14O9. The van der Waals surface area contributed by atoms with Crippen LogP contribution in [0.5, 0.6) is 11.5 Å². The quantitative estimate of drug-likeness (QED) is 0.0543. The molecule has 2 saturated heterocycles. The Morgan fingerprint density at radius 1 is 0.843 bits per heavy atom. The van der Waals surface area contributed by atoms with Crippen LogP contribution >= 0.6 is 0 Å². The van der Waals surface area contributed by atoms with Gasteiger partial charge < -0.3 is 49.4 Å². The van der Waals surface area contributed by atoms with Crippen molar-refractivity contribution in [3.63, 3.8) is 0 Å². The third-order valence-corrected chi connectivity index (χ3v) is 12.2. The van der Waals surface area contributed by atoms with Gasteiger partial charge in [-0.3, -0.25) is 44.2 Å². The van der Waals surface area contributed by atoms with Gasteiger partial charge in [-0.15, -0.1) is 0 Å². The van der Waals surface area contributed by atoms with Gasteiger partial charge in [0, 0.05) is 63.9 Å². The zero-order valence-electron chi connectivity index (χ0n) is 40.1. The number of oxazole rings is 1. The zero-order chi connectivity index (χ0) is 49.9. The summed E-state index contributed by atoms with van der Waals surface area (Å²) in [6, 6.07) is 7.81. The number of rotatable bonds is 20. The van der Waals surface area contributed by atoms with Crippen molar-refractivity contribution in [2.24, 2.45) is 11.5 Å². The number of ether oxygens (including phenoxy) is 3. The van der Waals surface area contributed by atoms with Gasteiger partial charge in [-0.25, -0.2) is 15.0 Å². The molecule has 0 bridgehead atoms. The summed E-state index contributed by atoms with van der Waals surface area (Å²) in [5, 5.41) is 13.1. The minimum Gasteiger partial charge on any atom is -0.494 e. The van der Waals surface area contributed by atoms with Crippen LogP contribution in [-0.2, 0) is 35.6 Å². The van der Waals surface area contributed by atoms with E-state index in [-0.39, 0.29) is 60.9 Å². The minimum absolute atomic E-state index is 0.0410. The number of fused-ring (bicyclic) bond motifs is 2. The van der Waals surface area contributed by atoms with E-state index in [9.17, 15) is 24.0 Å². The summed E-state index contributed by atoms with van der Waals surface area (Å²) in [5.41, 5.74) is 14.5. The van der Waals surface area contributed by atoms with Crippen molar-refractivity contribution in [2.45, 2.75) is 65.8 Å². The molecule has 70 heavy (non-hydrogen) atoms. The first-order valence-corrected chi connectivity index (χ1v) is 23.1. The number of amides is 5. The summed E-state index contributed by atoms with van der Waals surface area (Å²) in [6.45, 7) is 12.1. The number of hydrogen-bond acceptors (Lipinski definition) is 15. The van der Waals surface area contributed by atoms with Crippen molar-refractivity contribution < 1.29 is 42.6 Å². The van der Waals surface area contributed by atoms with Gasteiger partial charge in [0.1, 0.15) is 33.8 Å². The number of hydrogen-bond donors (Lipinski definition) is 5. The van der Waals surface area contributed by atoms with E-state index in [0.717, 1.165) is 0 Å². The van der Waals surface area contributed by atoms with Gasteiger partial charge in [0.05, 0.1) is 55.8 Å². The van der Waals surface area contributed by atoms with Crippen molar-refractivity contribution in [3.8, 4) is 11.5 Å². The Morgan fingerprint density at radius 3 is 2.07 bits per heavy atom. The molecule has 370 valence electrons. The largest absolute Gasteiger partial charge is 0.494 e. The molecule has 1 spiro atoms. The minimum atomic E-state index is -0.694. The van der Waals surface area contributed by atoms with Gasteiger partial charge in [0.2, 0.25) is 35.4 Å². The Bertz CT molecular complexity index is 3010. The number of aromatic nitrogens is 7.